The minimum atomic E-state index is 0.765. The van der Waals surface area contributed by atoms with Crippen LogP contribution >= 0.6 is 0 Å². The monoisotopic (exact) mass is 135 g/mol. The Kier molecular flexibility index (Phi) is 1.25. The molecule has 1 heterocycles. The molecule has 2 atom stereocenters. The van der Waals surface area contributed by atoms with Gasteiger partial charge in [-0.3, -0.25) is 0 Å². The first-order valence-corrected chi connectivity index (χ1v) is 3.93. The van der Waals surface area contributed by atoms with Crippen LogP contribution in [0.2, 0.25) is 0 Å². The molecule has 2 aliphatic rings. The molecule has 2 fully saturated rings. The molecule has 54 valence electrons. The van der Waals surface area contributed by atoms with Crippen LogP contribution in [0.3, 0.4) is 0 Å². The Hall–Kier alpha value is -0.480. The molecule has 1 heteroatoms. The van der Waals surface area contributed by atoms with Crippen molar-refractivity contribution in [2.45, 2.75) is 6.92 Å². The van der Waals surface area contributed by atoms with Crippen LogP contribution in [0.1, 0.15) is 6.92 Å². The Morgan fingerprint density at radius 2 is 1.90 bits per heavy atom. The third-order valence-electron chi connectivity index (χ3n) is 2.69. The highest BCUT2D eigenvalue weighted by atomic mass is 15.2. The molecule has 0 bridgehead atoms. The van der Waals surface area contributed by atoms with Gasteiger partial charge in [0.25, 0.3) is 0 Å². The predicted octanol–water partition coefficient (Wildman–Crippen LogP) is 0.817. The summed E-state index contributed by atoms with van der Waals surface area (Å²) >= 11 is 0. The van der Waals surface area contributed by atoms with Crippen molar-refractivity contribution in [1.29, 1.82) is 0 Å². The minimum Gasteiger partial charge on any atom is -0.306 e. The molecule has 1 saturated heterocycles. The number of nitrogens with zero attached hydrogens (tertiary/aromatic N) is 1. The van der Waals surface area contributed by atoms with Crippen molar-refractivity contribution in [1.82, 2.24) is 4.90 Å². The van der Waals surface area contributed by atoms with E-state index in [0.29, 0.717) is 0 Å². The van der Waals surface area contributed by atoms with Crippen LogP contribution in [0, 0.1) is 29.6 Å². The molecular formula is C9H13N. The average molecular weight is 135 g/mol. The molecule has 0 aromatic heterocycles. The van der Waals surface area contributed by atoms with Crippen LogP contribution in [0.4, 0.5) is 0 Å². The highest BCUT2D eigenvalue weighted by Gasteiger charge is 2.53. The van der Waals surface area contributed by atoms with Gasteiger partial charge in [-0.25, -0.2) is 0 Å². The summed E-state index contributed by atoms with van der Waals surface area (Å²) in [6, 6.07) is 0. The number of fused-ring (bicyclic) bond motifs is 1. The summed E-state index contributed by atoms with van der Waals surface area (Å²) in [6.07, 6.45) is 0. The molecular weight excluding hydrogens is 122 g/mol. The summed E-state index contributed by atoms with van der Waals surface area (Å²) in [5, 5.41) is 0. The van der Waals surface area contributed by atoms with E-state index in [-0.39, 0.29) is 0 Å². The third-order valence-corrected chi connectivity index (χ3v) is 2.69. The van der Waals surface area contributed by atoms with Crippen LogP contribution in [-0.4, -0.2) is 25.0 Å². The molecule has 1 saturated carbocycles. The van der Waals surface area contributed by atoms with Gasteiger partial charge in [-0.2, -0.15) is 0 Å². The van der Waals surface area contributed by atoms with Crippen molar-refractivity contribution in [2.75, 3.05) is 20.1 Å². The lowest BCUT2D eigenvalue weighted by Crippen LogP contribution is -2.18. The molecule has 0 aromatic carbocycles. The highest BCUT2D eigenvalue weighted by Crippen LogP contribution is 2.50. The second-order valence-corrected chi connectivity index (χ2v) is 3.47. The van der Waals surface area contributed by atoms with Gasteiger partial charge in [0.05, 0.1) is 0 Å². The van der Waals surface area contributed by atoms with Crippen LogP contribution in [0.15, 0.2) is 0 Å². The van der Waals surface area contributed by atoms with E-state index >= 15 is 0 Å². The van der Waals surface area contributed by atoms with Crippen LogP contribution < -0.4 is 0 Å². The van der Waals surface area contributed by atoms with E-state index in [1.807, 2.05) is 6.92 Å². The molecule has 1 aliphatic heterocycles. The molecule has 0 amide bonds. The van der Waals surface area contributed by atoms with E-state index in [1.165, 1.54) is 13.1 Å². The first-order valence-electron chi connectivity index (χ1n) is 3.93. The first-order chi connectivity index (χ1) is 4.83. The Morgan fingerprint density at radius 3 is 2.40 bits per heavy atom. The second kappa shape index (κ2) is 2.00. The predicted molar refractivity (Wildman–Crippen MR) is 41.4 cm³/mol. The van der Waals surface area contributed by atoms with Gasteiger partial charge in [0, 0.05) is 19.0 Å². The lowest BCUT2D eigenvalue weighted by Gasteiger charge is -2.09. The fraction of sp³-hybridized carbons (Fsp3) is 0.778. The van der Waals surface area contributed by atoms with E-state index in [2.05, 4.69) is 23.8 Å². The normalized spacial score (nSPS) is 44.0. The Labute approximate surface area is 62.4 Å². The van der Waals surface area contributed by atoms with Crippen molar-refractivity contribution in [2.24, 2.45) is 17.8 Å². The largest absolute Gasteiger partial charge is 0.306 e. The van der Waals surface area contributed by atoms with Crippen molar-refractivity contribution < 1.29 is 0 Å². The summed E-state index contributed by atoms with van der Waals surface area (Å²) < 4.78 is 0. The number of piperidine rings is 1. The Balaban J connectivity index is 1.96. The summed E-state index contributed by atoms with van der Waals surface area (Å²) in [4.78, 5) is 2.41. The lowest BCUT2D eigenvalue weighted by molar-refractivity contribution is 0.360. The van der Waals surface area contributed by atoms with E-state index in [4.69, 9.17) is 0 Å². The molecule has 0 N–H and O–H groups in total. The quantitative estimate of drug-likeness (QED) is 0.444. The lowest BCUT2D eigenvalue weighted by atomic mass is 10.3. The summed E-state index contributed by atoms with van der Waals surface area (Å²) in [6.45, 7) is 4.51. The summed E-state index contributed by atoms with van der Waals surface area (Å²) in [5.74, 6) is 8.89. The molecule has 2 rings (SSSR count). The molecule has 1 nitrogen and oxygen atoms in total. The van der Waals surface area contributed by atoms with Crippen molar-refractivity contribution >= 4 is 0 Å². The molecule has 1 aliphatic carbocycles. The molecule has 0 radical (unpaired) electrons. The van der Waals surface area contributed by atoms with Gasteiger partial charge in [0.2, 0.25) is 0 Å². The summed E-state index contributed by atoms with van der Waals surface area (Å²) in [7, 11) is 2.20. The number of likely N-dealkylation sites (tertiary alicyclic amines) is 1. The smallest absolute Gasteiger partial charge is 0.0290 e. The summed E-state index contributed by atoms with van der Waals surface area (Å²) in [5.41, 5.74) is 0. The minimum absolute atomic E-state index is 0.765. The van der Waals surface area contributed by atoms with Crippen molar-refractivity contribution in [3.63, 3.8) is 0 Å². The number of hydrogen-bond donors (Lipinski definition) is 0. The fourth-order valence-corrected chi connectivity index (χ4v) is 2.12. The van der Waals surface area contributed by atoms with Gasteiger partial charge in [0.1, 0.15) is 0 Å². The second-order valence-electron chi connectivity index (χ2n) is 3.47. The van der Waals surface area contributed by atoms with Gasteiger partial charge in [-0.05, 0) is 25.8 Å². The van der Waals surface area contributed by atoms with Gasteiger partial charge >= 0.3 is 0 Å². The number of rotatable bonds is 0. The van der Waals surface area contributed by atoms with Crippen molar-refractivity contribution in [3.8, 4) is 11.8 Å². The SMILES string of the molecule is CC#CC1C2CN(C)CC12. The maximum atomic E-state index is 3.27. The zero-order valence-electron chi connectivity index (χ0n) is 6.59. The van der Waals surface area contributed by atoms with Crippen molar-refractivity contribution in [3.05, 3.63) is 0 Å². The Morgan fingerprint density at radius 1 is 1.30 bits per heavy atom. The zero-order valence-corrected chi connectivity index (χ0v) is 6.59. The van der Waals surface area contributed by atoms with Crippen LogP contribution in [-0.2, 0) is 0 Å². The molecule has 0 spiro atoms. The van der Waals surface area contributed by atoms with Gasteiger partial charge in [-0.15, -0.1) is 5.92 Å². The molecule has 10 heavy (non-hydrogen) atoms. The highest BCUT2D eigenvalue weighted by molar-refractivity contribution is 5.19. The average Bonchev–Trinajstić information content (AvgIpc) is 2.43. The van der Waals surface area contributed by atoms with Crippen LogP contribution in [0.5, 0.6) is 0 Å². The van der Waals surface area contributed by atoms with Gasteiger partial charge in [-0.1, -0.05) is 5.92 Å². The fourth-order valence-electron chi connectivity index (χ4n) is 2.12. The standard InChI is InChI=1S/C9H13N/c1-3-4-7-8-5-10(2)6-9(7)8/h7-9H,5-6H2,1-2H3. The molecule has 0 aromatic rings. The Bertz CT molecular complexity index is 187. The topological polar surface area (TPSA) is 3.24 Å². The van der Waals surface area contributed by atoms with Crippen LogP contribution in [0.25, 0.3) is 0 Å². The number of hydrogen-bond acceptors (Lipinski definition) is 1. The third kappa shape index (κ3) is 0.759. The van der Waals surface area contributed by atoms with E-state index in [9.17, 15) is 0 Å². The van der Waals surface area contributed by atoms with Gasteiger partial charge < -0.3 is 4.90 Å². The molecule has 2 unspecified atom stereocenters. The van der Waals surface area contributed by atoms with E-state index < -0.39 is 0 Å². The maximum Gasteiger partial charge on any atom is 0.0290 e. The zero-order chi connectivity index (χ0) is 7.14. The maximum absolute atomic E-state index is 3.27. The van der Waals surface area contributed by atoms with E-state index in [1.54, 1.807) is 0 Å². The first kappa shape index (κ1) is 6.24. The van der Waals surface area contributed by atoms with Gasteiger partial charge in [0.15, 0.2) is 0 Å². The van der Waals surface area contributed by atoms with E-state index in [0.717, 1.165) is 17.8 Å².